The summed E-state index contributed by atoms with van der Waals surface area (Å²) in [6.07, 6.45) is 0.221. The molecule has 0 fully saturated rings. The van der Waals surface area contributed by atoms with E-state index in [1.54, 1.807) is 6.07 Å². The molecule has 136 valence electrons. The quantitative estimate of drug-likeness (QED) is 0.505. The van der Waals surface area contributed by atoms with Crippen LogP contribution in [-0.2, 0) is 11.2 Å². The van der Waals surface area contributed by atoms with Gasteiger partial charge in [-0.05, 0) is 32.0 Å². The van der Waals surface area contributed by atoms with Crippen LogP contribution in [0.25, 0.3) is 21.5 Å². The zero-order valence-corrected chi connectivity index (χ0v) is 16.4. The molecule has 0 atom stereocenters. The third-order valence-corrected chi connectivity index (χ3v) is 5.95. The van der Waals surface area contributed by atoms with Gasteiger partial charge in [-0.2, -0.15) is 0 Å². The molecule has 4 rings (SSSR count). The van der Waals surface area contributed by atoms with Gasteiger partial charge in [-0.25, -0.2) is 14.4 Å². The zero-order valence-electron chi connectivity index (χ0n) is 14.7. The minimum absolute atomic E-state index is 0.161. The van der Waals surface area contributed by atoms with Gasteiger partial charge in [0.2, 0.25) is 5.91 Å². The molecular weight excluding hydrogens is 381 g/mol. The second kappa shape index (κ2) is 7.17. The molecule has 0 saturated carbocycles. The van der Waals surface area contributed by atoms with Crippen LogP contribution in [0.2, 0.25) is 0 Å². The Bertz CT molecular complexity index is 1130. The number of nitrogens with one attached hydrogen (secondary N) is 1. The van der Waals surface area contributed by atoms with Crippen LogP contribution in [0.1, 0.15) is 15.4 Å². The molecule has 0 radical (unpaired) electrons. The predicted molar refractivity (Wildman–Crippen MR) is 109 cm³/mol. The molecule has 0 bridgehead atoms. The van der Waals surface area contributed by atoms with Crippen molar-refractivity contribution in [3.8, 4) is 11.3 Å². The number of aromatic nitrogens is 2. The maximum atomic E-state index is 13.3. The lowest BCUT2D eigenvalue weighted by atomic mass is 10.1. The van der Waals surface area contributed by atoms with Gasteiger partial charge in [-0.15, -0.1) is 11.3 Å². The average molecular weight is 398 g/mol. The summed E-state index contributed by atoms with van der Waals surface area (Å²) in [7, 11) is 0. The van der Waals surface area contributed by atoms with E-state index in [9.17, 15) is 9.18 Å². The summed E-state index contributed by atoms with van der Waals surface area (Å²) >= 11 is 2.78. The van der Waals surface area contributed by atoms with E-state index in [0.717, 1.165) is 21.1 Å². The number of anilines is 1. The molecule has 0 spiro atoms. The van der Waals surface area contributed by atoms with Crippen LogP contribution in [0.5, 0.6) is 0 Å². The first-order valence-electron chi connectivity index (χ1n) is 8.37. The van der Waals surface area contributed by atoms with Crippen LogP contribution in [0, 0.1) is 19.7 Å². The highest BCUT2D eigenvalue weighted by Crippen LogP contribution is 2.30. The normalized spacial score (nSPS) is 11.1. The van der Waals surface area contributed by atoms with Crippen molar-refractivity contribution in [2.24, 2.45) is 0 Å². The first kappa shape index (κ1) is 17.8. The molecule has 0 saturated heterocycles. The fraction of sp³-hybridized carbons (Fsp3) is 0.150. The Hall–Kier alpha value is -2.64. The van der Waals surface area contributed by atoms with Crippen molar-refractivity contribution in [3.63, 3.8) is 0 Å². The number of hydrogen-bond donors (Lipinski definition) is 1. The Morgan fingerprint density at radius 3 is 2.63 bits per heavy atom. The molecule has 0 aliphatic heterocycles. The monoisotopic (exact) mass is 397 g/mol. The van der Waals surface area contributed by atoms with E-state index in [0.29, 0.717) is 15.3 Å². The largest absolute Gasteiger partial charge is 0.302 e. The number of halogens is 1. The van der Waals surface area contributed by atoms with E-state index in [-0.39, 0.29) is 18.1 Å². The Balaban J connectivity index is 1.54. The molecular formula is C20H16FN3OS2. The highest BCUT2D eigenvalue weighted by molar-refractivity contribution is 7.22. The van der Waals surface area contributed by atoms with E-state index in [4.69, 9.17) is 0 Å². The SMILES string of the molecule is Cc1ccc(-c2nc(C)sc2CC(=O)Nc2nc3ccc(F)cc3s2)cc1. The topological polar surface area (TPSA) is 54.9 Å². The molecule has 1 N–H and O–H groups in total. The maximum Gasteiger partial charge on any atom is 0.231 e. The fourth-order valence-corrected chi connectivity index (χ4v) is 4.65. The lowest BCUT2D eigenvalue weighted by Crippen LogP contribution is -2.13. The second-order valence-electron chi connectivity index (χ2n) is 6.23. The van der Waals surface area contributed by atoms with Crippen LogP contribution in [0.3, 0.4) is 0 Å². The lowest BCUT2D eigenvalue weighted by molar-refractivity contribution is -0.115. The average Bonchev–Trinajstić information content (AvgIpc) is 3.17. The molecule has 0 aliphatic carbocycles. The van der Waals surface area contributed by atoms with E-state index in [1.165, 1.54) is 40.4 Å². The Morgan fingerprint density at radius 1 is 1.07 bits per heavy atom. The molecule has 27 heavy (non-hydrogen) atoms. The highest BCUT2D eigenvalue weighted by atomic mass is 32.1. The minimum Gasteiger partial charge on any atom is -0.302 e. The summed E-state index contributed by atoms with van der Waals surface area (Å²) in [5, 5.41) is 4.21. The highest BCUT2D eigenvalue weighted by Gasteiger charge is 2.16. The molecule has 1 amide bonds. The number of hydrogen-bond acceptors (Lipinski definition) is 5. The first-order chi connectivity index (χ1) is 13.0. The predicted octanol–water partition coefficient (Wildman–Crippen LogP) is 5.36. The van der Waals surface area contributed by atoms with Gasteiger partial charge in [-0.1, -0.05) is 41.2 Å². The van der Waals surface area contributed by atoms with E-state index in [1.807, 2.05) is 38.1 Å². The first-order valence-corrected chi connectivity index (χ1v) is 10.0. The van der Waals surface area contributed by atoms with E-state index < -0.39 is 0 Å². The summed E-state index contributed by atoms with van der Waals surface area (Å²) < 4.78 is 14.0. The zero-order chi connectivity index (χ0) is 19.0. The fourth-order valence-electron chi connectivity index (χ4n) is 2.79. The van der Waals surface area contributed by atoms with Crippen molar-refractivity contribution in [2.45, 2.75) is 20.3 Å². The Morgan fingerprint density at radius 2 is 1.85 bits per heavy atom. The smallest absolute Gasteiger partial charge is 0.231 e. The summed E-state index contributed by atoms with van der Waals surface area (Å²) in [5.74, 6) is -0.474. The maximum absolute atomic E-state index is 13.3. The molecule has 2 heterocycles. The number of nitrogens with zero attached hydrogens (tertiary/aromatic N) is 2. The van der Waals surface area contributed by atoms with Crippen LogP contribution in [0.4, 0.5) is 9.52 Å². The van der Waals surface area contributed by atoms with Crippen molar-refractivity contribution in [1.29, 1.82) is 0 Å². The Kier molecular flexibility index (Phi) is 4.72. The molecule has 4 nitrogen and oxygen atoms in total. The van der Waals surface area contributed by atoms with E-state index >= 15 is 0 Å². The molecule has 0 unspecified atom stereocenters. The van der Waals surface area contributed by atoms with Gasteiger partial charge in [0.05, 0.1) is 27.3 Å². The Labute approximate surface area is 163 Å². The number of carbonyl (C=O) groups excluding carboxylic acids is 1. The summed E-state index contributed by atoms with van der Waals surface area (Å²) in [6.45, 7) is 3.97. The number of amides is 1. The van der Waals surface area contributed by atoms with E-state index in [2.05, 4.69) is 15.3 Å². The van der Waals surface area contributed by atoms with Gasteiger partial charge in [-0.3, -0.25) is 4.79 Å². The lowest BCUT2D eigenvalue weighted by Gasteiger charge is -2.04. The third-order valence-electron chi connectivity index (χ3n) is 4.05. The van der Waals surface area contributed by atoms with Gasteiger partial charge in [0.15, 0.2) is 5.13 Å². The number of rotatable bonds is 4. The number of thiazole rings is 2. The second-order valence-corrected chi connectivity index (χ2v) is 8.55. The van der Waals surface area contributed by atoms with Crippen molar-refractivity contribution in [2.75, 3.05) is 5.32 Å². The summed E-state index contributed by atoms with van der Waals surface area (Å²) in [6, 6.07) is 12.5. The van der Waals surface area contributed by atoms with Gasteiger partial charge in [0.25, 0.3) is 0 Å². The number of carbonyl (C=O) groups is 1. The molecule has 4 aromatic rings. The molecule has 2 aromatic heterocycles. The van der Waals surface area contributed by atoms with Crippen molar-refractivity contribution < 1.29 is 9.18 Å². The number of benzene rings is 2. The standard InChI is InChI=1S/C20H16FN3OS2/c1-11-3-5-13(6-4-11)19-17(26-12(2)22-19)10-18(25)24-20-23-15-8-7-14(21)9-16(15)27-20/h3-9H,10H2,1-2H3,(H,23,24,25). The van der Waals surface area contributed by atoms with Crippen molar-refractivity contribution >= 4 is 43.9 Å². The van der Waals surface area contributed by atoms with Gasteiger partial charge >= 0.3 is 0 Å². The van der Waals surface area contributed by atoms with Crippen LogP contribution in [0.15, 0.2) is 42.5 Å². The van der Waals surface area contributed by atoms with Gasteiger partial charge in [0.1, 0.15) is 5.82 Å². The number of aryl methyl sites for hydroxylation is 2. The number of fused-ring (bicyclic) bond motifs is 1. The summed E-state index contributed by atoms with van der Waals surface area (Å²) in [4.78, 5) is 22.4. The molecule has 7 heteroatoms. The van der Waals surface area contributed by atoms with Crippen LogP contribution >= 0.6 is 22.7 Å². The van der Waals surface area contributed by atoms with Gasteiger partial charge in [0, 0.05) is 10.4 Å². The third kappa shape index (κ3) is 3.89. The molecule has 2 aromatic carbocycles. The summed E-state index contributed by atoms with van der Waals surface area (Å²) in [5.41, 5.74) is 3.70. The van der Waals surface area contributed by atoms with Gasteiger partial charge < -0.3 is 5.32 Å². The van der Waals surface area contributed by atoms with Crippen molar-refractivity contribution in [1.82, 2.24) is 9.97 Å². The van der Waals surface area contributed by atoms with Crippen molar-refractivity contribution in [3.05, 3.63) is 63.7 Å². The van der Waals surface area contributed by atoms with Crippen LogP contribution < -0.4 is 5.32 Å². The minimum atomic E-state index is -0.313. The molecule has 0 aliphatic rings. The van der Waals surface area contributed by atoms with Crippen LogP contribution in [-0.4, -0.2) is 15.9 Å².